The first-order valence-corrected chi connectivity index (χ1v) is 5.62. The average Bonchev–Trinajstić information content (AvgIpc) is 2.27. The highest BCUT2D eigenvalue weighted by Gasteiger charge is 2.21. The summed E-state index contributed by atoms with van der Waals surface area (Å²) in [5.41, 5.74) is 0.441. The number of pyridine rings is 1. The van der Waals surface area contributed by atoms with Crippen molar-refractivity contribution >= 4 is 22.4 Å². The number of nitrogens with one attached hydrogen (secondary N) is 1. The van der Waals surface area contributed by atoms with Gasteiger partial charge in [0.15, 0.2) is 0 Å². The fourth-order valence-corrected chi connectivity index (χ4v) is 1.48. The lowest BCUT2D eigenvalue weighted by Gasteiger charge is -2.17. The first kappa shape index (κ1) is 11.6. The first-order valence-electron chi connectivity index (χ1n) is 5.62. The van der Waals surface area contributed by atoms with E-state index in [0.29, 0.717) is 0 Å². The second kappa shape index (κ2) is 4.17. The van der Waals surface area contributed by atoms with Gasteiger partial charge in [0, 0.05) is 28.9 Å². The van der Waals surface area contributed by atoms with E-state index in [1.807, 2.05) is 51.2 Å². The highest BCUT2D eigenvalue weighted by molar-refractivity contribution is 5.96. The molecule has 0 aliphatic carbocycles. The Morgan fingerprint density at radius 2 is 1.94 bits per heavy atom. The standard InChI is InChI=1S/C14H16N2O/c1-14(2,3)13(17)16-12-5-4-11-9-15-7-6-10(11)8-12/h4-9H,1-3H3,(H,16,17). The Labute approximate surface area is 101 Å². The van der Waals surface area contributed by atoms with Crippen LogP contribution in [0.4, 0.5) is 5.69 Å². The number of carbonyl (C=O) groups excluding carboxylic acids is 1. The summed E-state index contributed by atoms with van der Waals surface area (Å²) in [6, 6.07) is 7.75. The van der Waals surface area contributed by atoms with Gasteiger partial charge >= 0.3 is 0 Å². The molecule has 17 heavy (non-hydrogen) atoms. The van der Waals surface area contributed by atoms with E-state index < -0.39 is 0 Å². The zero-order valence-corrected chi connectivity index (χ0v) is 10.3. The highest BCUT2D eigenvalue weighted by atomic mass is 16.2. The molecule has 0 spiro atoms. The SMILES string of the molecule is CC(C)(C)C(=O)Nc1ccc2cnccc2c1. The van der Waals surface area contributed by atoms with Gasteiger partial charge in [-0.2, -0.15) is 0 Å². The quantitative estimate of drug-likeness (QED) is 0.814. The van der Waals surface area contributed by atoms with Crippen molar-refractivity contribution in [3.63, 3.8) is 0 Å². The van der Waals surface area contributed by atoms with Crippen molar-refractivity contribution in [1.82, 2.24) is 4.98 Å². The van der Waals surface area contributed by atoms with Crippen molar-refractivity contribution in [3.8, 4) is 0 Å². The van der Waals surface area contributed by atoms with Crippen molar-refractivity contribution in [2.75, 3.05) is 5.32 Å². The van der Waals surface area contributed by atoms with Crippen LogP contribution in [-0.4, -0.2) is 10.9 Å². The van der Waals surface area contributed by atoms with E-state index in [9.17, 15) is 4.79 Å². The zero-order chi connectivity index (χ0) is 12.5. The minimum Gasteiger partial charge on any atom is -0.326 e. The number of rotatable bonds is 1. The molecule has 1 amide bonds. The molecule has 0 aliphatic heterocycles. The van der Waals surface area contributed by atoms with E-state index >= 15 is 0 Å². The molecule has 1 aromatic carbocycles. The predicted molar refractivity (Wildman–Crippen MR) is 69.8 cm³/mol. The smallest absolute Gasteiger partial charge is 0.229 e. The van der Waals surface area contributed by atoms with Crippen LogP contribution in [0, 0.1) is 5.41 Å². The summed E-state index contributed by atoms with van der Waals surface area (Å²) in [4.78, 5) is 15.9. The second-order valence-electron chi connectivity index (χ2n) is 5.14. The maximum absolute atomic E-state index is 11.8. The van der Waals surface area contributed by atoms with Gasteiger partial charge in [-0.25, -0.2) is 0 Å². The van der Waals surface area contributed by atoms with E-state index in [2.05, 4.69) is 10.3 Å². The largest absolute Gasteiger partial charge is 0.326 e. The molecule has 3 heteroatoms. The molecule has 0 bridgehead atoms. The number of fused-ring (bicyclic) bond motifs is 1. The molecule has 0 aliphatic rings. The first-order chi connectivity index (χ1) is 7.97. The Kier molecular flexibility index (Phi) is 2.84. The lowest BCUT2D eigenvalue weighted by molar-refractivity contribution is -0.123. The van der Waals surface area contributed by atoms with Crippen molar-refractivity contribution in [2.24, 2.45) is 5.41 Å². The second-order valence-corrected chi connectivity index (χ2v) is 5.14. The van der Waals surface area contributed by atoms with Crippen molar-refractivity contribution < 1.29 is 4.79 Å². The van der Waals surface area contributed by atoms with Gasteiger partial charge in [0.2, 0.25) is 5.91 Å². The Hall–Kier alpha value is -1.90. The third-order valence-corrected chi connectivity index (χ3v) is 2.58. The van der Waals surface area contributed by atoms with Crippen LogP contribution in [0.1, 0.15) is 20.8 Å². The molecule has 0 atom stereocenters. The minimum atomic E-state index is -0.382. The number of nitrogens with zero attached hydrogens (tertiary/aromatic N) is 1. The number of hydrogen-bond donors (Lipinski definition) is 1. The molecule has 0 unspecified atom stereocenters. The van der Waals surface area contributed by atoms with Crippen LogP contribution in [0.25, 0.3) is 10.8 Å². The molecular weight excluding hydrogens is 212 g/mol. The predicted octanol–water partition coefficient (Wildman–Crippen LogP) is 3.22. The van der Waals surface area contributed by atoms with Gasteiger partial charge in [0.1, 0.15) is 0 Å². The molecule has 88 valence electrons. The number of amides is 1. The van der Waals surface area contributed by atoms with Gasteiger partial charge < -0.3 is 5.32 Å². The van der Waals surface area contributed by atoms with Gasteiger partial charge in [-0.1, -0.05) is 26.8 Å². The van der Waals surface area contributed by atoms with Crippen LogP contribution in [0.5, 0.6) is 0 Å². The molecular formula is C14H16N2O. The van der Waals surface area contributed by atoms with E-state index in [1.54, 1.807) is 6.20 Å². The lowest BCUT2D eigenvalue weighted by atomic mass is 9.95. The average molecular weight is 228 g/mol. The van der Waals surface area contributed by atoms with Crippen LogP contribution in [0.3, 0.4) is 0 Å². The molecule has 3 nitrogen and oxygen atoms in total. The lowest BCUT2D eigenvalue weighted by Crippen LogP contribution is -2.27. The summed E-state index contributed by atoms with van der Waals surface area (Å²) in [7, 11) is 0. The summed E-state index contributed by atoms with van der Waals surface area (Å²) in [5.74, 6) is 0.0194. The minimum absolute atomic E-state index is 0.0194. The van der Waals surface area contributed by atoms with Crippen molar-refractivity contribution in [2.45, 2.75) is 20.8 Å². The number of benzene rings is 1. The van der Waals surface area contributed by atoms with E-state index in [-0.39, 0.29) is 11.3 Å². The fourth-order valence-electron chi connectivity index (χ4n) is 1.48. The van der Waals surface area contributed by atoms with Gasteiger partial charge in [0.25, 0.3) is 0 Å². The molecule has 1 N–H and O–H groups in total. The molecule has 1 aromatic heterocycles. The summed E-state index contributed by atoms with van der Waals surface area (Å²) >= 11 is 0. The Bertz CT molecular complexity index is 555. The number of anilines is 1. The van der Waals surface area contributed by atoms with Crippen LogP contribution in [-0.2, 0) is 4.79 Å². The van der Waals surface area contributed by atoms with Gasteiger partial charge in [-0.3, -0.25) is 9.78 Å². The summed E-state index contributed by atoms with van der Waals surface area (Å²) in [6.07, 6.45) is 3.56. The molecule has 1 heterocycles. The monoisotopic (exact) mass is 228 g/mol. The molecule has 2 rings (SSSR count). The van der Waals surface area contributed by atoms with Crippen LogP contribution >= 0.6 is 0 Å². The molecule has 0 saturated carbocycles. The van der Waals surface area contributed by atoms with Crippen molar-refractivity contribution in [1.29, 1.82) is 0 Å². The van der Waals surface area contributed by atoms with Gasteiger partial charge in [-0.15, -0.1) is 0 Å². The van der Waals surface area contributed by atoms with E-state index in [0.717, 1.165) is 16.5 Å². The van der Waals surface area contributed by atoms with E-state index in [4.69, 9.17) is 0 Å². The van der Waals surface area contributed by atoms with Crippen LogP contribution in [0.2, 0.25) is 0 Å². The number of carbonyl (C=O) groups is 1. The van der Waals surface area contributed by atoms with Gasteiger partial charge in [-0.05, 0) is 23.6 Å². The zero-order valence-electron chi connectivity index (χ0n) is 10.3. The molecule has 2 aromatic rings. The number of aromatic nitrogens is 1. The fraction of sp³-hybridized carbons (Fsp3) is 0.286. The maximum atomic E-state index is 11.8. The summed E-state index contributed by atoms with van der Waals surface area (Å²) in [5, 5.41) is 5.06. The summed E-state index contributed by atoms with van der Waals surface area (Å²) in [6.45, 7) is 5.69. The Balaban J connectivity index is 2.29. The third kappa shape index (κ3) is 2.61. The van der Waals surface area contributed by atoms with Crippen molar-refractivity contribution in [3.05, 3.63) is 36.7 Å². The highest BCUT2D eigenvalue weighted by Crippen LogP contribution is 2.21. The topological polar surface area (TPSA) is 42.0 Å². The van der Waals surface area contributed by atoms with E-state index in [1.165, 1.54) is 0 Å². The molecule has 0 radical (unpaired) electrons. The summed E-state index contributed by atoms with van der Waals surface area (Å²) < 4.78 is 0. The molecule has 0 fully saturated rings. The van der Waals surface area contributed by atoms with Crippen LogP contribution in [0.15, 0.2) is 36.7 Å². The third-order valence-electron chi connectivity index (χ3n) is 2.58. The normalized spacial score (nSPS) is 11.5. The maximum Gasteiger partial charge on any atom is 0.229 e. The molecule has 0 saturated heterocycles. The Morgan fingerprint density at radius 1 is 1.18 bits per heavy atom. The van der Waals surface area contributed by atoms with Crippen LogP contribution < -0.4 is 5.32 Å². The Morgan fingerprint density at radius 3 is 2.65 bits per heavy atom. The number of hydrogen-bond acceptors (Lipinski definition) is 2. The van der Waals surface area contributed by atoms with Gasteiger partial charge in [0.05, 0.1) is 0 Å².